The molecule has 0 saturated heterocycles. The van der Waals surface area contributed by atoms with Gasteiger partial charge in [-0.1, -0.05) is 29.8 Å². The van der Waals surface area contributed by atoms with E-state index in [0.717, 1.165) is 16.7 Å². The second-order valence-electron chi connectivity index (χ2n) is 7.21. The zero-order valence-electron chi connectivity index (χ0n) is 19.3. The summed E-state index contributed by atoms with van der Waals surface area (Å²) < 4.78 is 22.1. The van der Waals surface area contributed by atoms with Crippen molar-refractivity contribution in [2.24, 2.45) is 5.10 Å². The first-order valence-electron chi connectivity index (χ1n) is 10.7. The standard InChI is InChI=1S/C26H27ClN2O5/c1-4-33-25-14-20(8-12-23(25)34-17-18-5-9-21(27)10-6-18)16-28-29-26(30)15-19-7-11-22(31-2)24(13-19)32-3/h5-14,16H,4,15,17H2,1-3H3,(H,29,30)/b28-16-. The summed E-state index contributed by atoms with van der Waals surface area (Å²) in [5.74, 6) is 2.13. The first kappa shape index (κ1) is 24.9. The number of benzene rings is 3. The third kappa shape index (κ3) is 7.15. The van der Waals surface area contributed by atoms with Crippen molar-refractivity contribution < 1.29 is 23.7 Å². The Labute approximate surface area is 204 Å². The van der Waals surface area contributed by atoms with Gasteiger partial charge >= 0.3 is 0 Å². The molecular formula is C26H27ClN2O5. The Bertz CT molecular complexity index is 1130. The van der Waals surface area contributed by atoms with Crippen LogP contribution in [0.4, 0.5) is 0 Å². The number of hydrogen-bond acceptors (Lipinski definition) is 6. The van der Waals surface area contributed by atoms with Gasteiger partial charge in [0.2, 0.25) is 5.91 Å². The minimum Gasteiger partial charge on any atom is -0.493 e. The normalized spacial score (nSPS) is 10.7. The zero-order valence-corrected chi connectivity index (χ0v) is 20.1. The molecule has 0 aliphatic carbocycles. The Kier molecular flexibility index (Phi) is 9.17. The number of carbonyl (C=O) groups is 1. The third-order valence-electron chi connectivity index (χ3n) is 4.79. The highest BCUT2D eigenvalue weighted by atomic mass is 35.5. The molecule has 34 heavy (non-hydrogen) atoms. The van der Waals surface area contributed by atoms with E-state index in [0.29, 0.717) is 41.2 Å². The van der Waals surface area contributed by atoms with Crippen molar-refractivity contribution in [1.29, 1.82) is 0 Å². The molecule has 0 fully saturated rings. The Balaban J connectivity index is 1.59. The van der Waals surface area contributed by atoms with Gasteiger partial charge in [0.05, 0.1) is 33.5 Å². The molecule has 0 radical (unpaired) electrons. The predicted octanol–water partition coefficient (Wildman–Crippen LogP) is 5.03. The molecule has 1 amide bonds. The van der Waals surface area contributed by atoms with E-state index < -0.39 is 0 Å². The molecule has 0 heterocycles. The Morgan fingerprint density at radius 3 is 2.29 bits per heavy atom. The number of ether oxygens (including phenoxy) is 4. The molecule has 0 aliphatic rings. The van der Waals surface area contributed by atoms with E-state index in [9.17, 15) is 4.79 Å². The van der Waals surface area contributed by atoms with Gasteiger partial charge in [-0.05, 0) is 66.1 Å². The smallest absolute Gasteiger partial charge is 0.244 e. The highest BCUT2D eigenvalue weighted by Gasteiger charge is 2.09. The summed E-state index contributed by atoms with van der Waals surface area (Å²) in [6.07, 6.45) is 1.71. The summed E-state index contributed by atoms with van der Waals surface area (Å²) >= 11 is 5.93. The van der Waals surface area contributed by atoms with Gasteiger partial charge in [-0.3, -0.25) is 4.79 Å². The molecule has 0 aliphatic heterocycles. The van der Waals surface area contributed by atoms with Crippen LogP contribution in [0.2, 0.25) is 5.02 Å². The number of amides is 1. The molecule has 7 nitrogen and oxygen atoms in total. The Morgan fingerprint density at radius 1 is 0.882 bits per heavy atom. The second-order valence-corrected chi connectivity index (χ2v) is 7.65. The molecule has 3 aromatic rings. The van der Waals surface area contributed by atoms with Gasteiger partial charge in [0.1, 0.15) is 6.61 Å². The molecule has 0 aromatic heterocycles. The summed E-state index contributed by atoms with van der Waals surface area (Å²) in [4.78, 5) is 12.3. The van der Waals surface area contributed by atoms with Crippen LogP contribution in [0.25, 0.3) is 0 Å². The quantitative estimate of drug-likeness (QED) is 0.306. The van der Waals surface area contributed by atoms with Crippen LogP contribution in [0.15, 0.2) is 65.8 Å². The fourth-order valence-electron chi connectivity index (χ4n) is 3.13. The van der Waals surface area contributed by atoms with Crippen LogP contribution in [0.1, 0.15) is 23.6 Å². The lowest BCUT2D eigenvalue weighted by Gasteiger charge is -2.12. The lowest BCUT2D eigenvalue weighted by molar-refractivity contribution is -0.120. The molecule has 1 N–H and O–H groups in total. The van der Waals surface area contributed by atoms with Crippen molar-refractivity contribution in [2.45, 2.75) is 20.0 Å². The molecule has 0 unspecified atom stereocenters. The molecule has 0 saturated carbocycles. The first-order valence-corrected chi connectivity index (χ1v) is 11.1. The summed E-state index contributed by atoms with van der Waals surface area (Å²) in [7, 11) is 3.12. The van der Waals surface area contributed by atoms with Crippen molar-refractivity contribution in [1.82, 2.24) is 5.43 Å². The summed E-state index contributed by atoms with van der Waals surface area (Å²) in [5, 5.41) is 4.74. The fraction of sp³-hybridized carbons (Fsp3) is 0.231. The van der Waals surface area contributed by atoms with Gasteiger partial charge in [0, 0.05) is 5.02 Å². The van der Waals surface area contributed by atoms with Crippen molar-refractivity contribution in [3.05, 3.63) is 82.4 Å². The largest absolute Gasteiger partial charge is 0.493 e. The van der Waals surface area contributed by atoms with Gasteiger partial charge in [-0.2, -0.15) is 5.10 Å². The molecule has 3 aromatic carbocycles. The molecule has 0 atom stereocenters. The number of halogens is 1. The van der Waals surface area contributed by atoms with E-state index in [2.05, 4.69) is 10.5 Å². The maximum absolute atomic E-state index is 12.3. The van der Waals surface area contributed by atoms with Gasteiger partial charge in [-0.15, -0.1) is 0 Å². The number of nitrogens with one attached hydrogen (secondary N) is 1. The fourth-order valence-corrected chi connectivity index (χ4v) is 3.25. The SMILES string of the molecule is CCOc1cc(/C=N\NC(=O)Cc2ccc(OC)c(OC)c2)ccc1OCc1ccc(Cl)cc1. The lowest BCUT2D eigenvalue weighted by Crippen LogP contribution is -2.19. The van der Waals surface area contributed by atoms with E-state index in [1.165, 1.54) is 0 Å². The van der Waals surface area contributed by atoms with Crippen LogP contribution in [-0.2, 0) is 17.8 Å². The number of methoxy groups -OCH3 is 2. The van der Waals surface area contributed by atoms with Crippen molar-refractivity contribution in [3.8, 4) is 23.0 Å². The zero-order chi connectivity index (χ0) is 24.3. The molecule has 3 rings (SSSR count). The number of carbonyl (C=O) groups excluding carboxylic acids is 1. The predicted molar refractivity (Wildman–Crippen MR) is 132 cm³/mol. The van der Waals surface area contributed by atoms with Crippen LogP contribution in [0.3, 0.4) is 0 Å². The number of hydrazone groups is 1. The lowest BCUT2D eigenvalue weighted by atomic mass is 10.1. The molecule has 178 valence electrons. The van der Waals surface area contributed by atoms with Crippen LogP contribution < -0.4 is 24.4 Å². The van der Waals surface area contributed by atoms with Crippen molar-refractivity contribution >= 4 is 23.7 Å². The minimum absolute atomic E-state index is 0.152. The van der Waals surface area contributed by atoms with Gasteiger partial charge in [0.25, 0.3) is 0 Å². The Morgan fingerprint density at radius 2 is 1.59 bits per heavy atom. The number of nitrogens with zero attached hydrogens (tertiary/aromatic N) is 1. The monoisotopic (exact) mass is 482 g/mol. The van der Waals surface area contributed by atoms with Crippen LogP contribution in [0.5, 0.6) is 23.0 Å². The highest BCUT2D eigenvalue weighted by Crippen LogP contribution is 2.29. The molecular weight excluding hydrogens is 456 g/mol. The average molecular weight is 483 g/mol. The van der Waals surface area contributed by atoms with E-state index in [-0.39, 0.29) is 12.3 Å². The van der Waals surface area contributed by atoms with Crippen LogP contribution >= 0.6 is 11.6 Å². The maximum atomic E-state index is 12.3. The summed E-state index contributed by atoms with van der Waals surface area (Å²) in [5.41, 5.74) is 5.08. The summed E-state index contributed by atoms with van der Waals surface area (Å²) in [6, 6.07) is 18.3. The van der Waals surface area contributed by atoms with Crippen LogP contribution in [-0.4, -0.2) is 32.9 Å². The number of hydrogen-bond donors (Lipinski definition) is 1. The second kappa shape index (κ2) is 12.5. The van der Waals surface area contributed by atoms with Gasteiger partial charge in [0.15, 0.2) is 23.0 Å². The van der Waals surface area contributed by atoms with E-state index in [1.54, 1.807) is 32.6 Å². The van der Waals surface area contributed by atoms with E-state index >= 15 is 0 Å². The minimum atomic E-state index is -0.253. The summed E-state index contributed by atoms with van der Waals surface area (Å²) in [6.45, 7) is 2.77. The van der Waals surface area contributed by atoms with Gasteiger partial charge < -0.3 is 18.9 Å². The van der Waals surface area contributed by atoms with Crippen molar-refractivity contribution in [3.63, 3.8) is 0 Å². The topological polar surface area (TPSA) is 78.4 Å². The highest BCUT2D eigenvalue weighted by molar-refractivity contribution is 6.30. The van der Waals surface area contributed by atoms with E-state index in [1.807, 2.05) is 55.5 Å². The van der Waals surface area contributed by atoms with E-state index in [4.69, 9.17) is 30.5 Å². The Hall–Kier alpha value is -3.71. The van der Waals surface area contributed by atoms with Crippen molar-refractivity contribution in [2.75, 3.05) is 20.8 Å². The van der Waals surface area contributed by atoms with Gasteiger partial charge in [-0.25, -0.2) is 5.43 Å². The first-order chi connectivity index (χ1) is 16.5. The van der Waals surface area contributed by atoms with Crippen LogP contribution in [0, 0.1) is 0 Å². The average Bonchev–Trinajstić information content (AvgIpc) is 2.84. The maximum Gasteiger partial charge on any atom is 0.244 e. The number of rotatable bonds is 11. The molecule has 8 heteroatoms. The third-order valence-corrected chi connectivity index (χ3v) is 5.04. The molecule has 0 bridgehead atoms. The molecule has 0 spiro atoms.